The maximum absolute atomic E-state index is 5.22. The van der Waals surface area contributed by atoms with E-state index in [-0.39, 0.29) is 0 Å². The Balaban J connectivity index is 2.01. The van der Waals surface area contributed by atoms with E-state index in [1.165, 1.54) is 0 Å². The number of nitrogens with one attached hydrogen (secondary N) is 2. The zero-order valence-electron chi connectivity index (χ0n) is 10.2. The number of fused-ring (bicyclic) bond motifs is 1. The Bertz CT molecular complexity index is 534. The van der Waals surface area contributed by atoms with E-state index in [0.29, 0.717) is 11.8 Å². The highest BCUT2D eigenvalue weighted by atomic mass is 16.5. The summed E-state index contributed by atoms with van der Waals surface area (Å²) in [6.45, 7) is 4.35. The molecule has 2 heterocycles. The summed E-state index contributed by atoms with van der Waals surface area (Å²) in [6.07, 6.45) is 0. The molecule has 0 radical (unpaired) electrons. The van der Waals surface area contributed by atoms with Crippen LogP contribution in [0, 0.1) is 5.92 Å². The van der Waals surface area contributed by atoms with E-state index in [2.05, 4.69) is 22.2 Å². The van der Waals surface area contributed by atoms with E-state index < -0.39 is 0 Å². The lowest BCUT2D eigenvalue weighted by Crippen LogP contribution is -2.09. The molecule has 2 aromatic rings. The first-order chi connectivity index (χ1) is 8.28. The number of ether oxygens (including phenoxy) is 1. The van der Waals surface area contributed by atoms with E-state index in [0.717, 1.165) is 35.7 Å². The van der Waals surface area contributed by atoms with E-state index in [1.54, 1.807) is 7.11 Å². The summed E-state index contributed by atoms with van der Waals surface area (Å²) in [5.41, 5.74) is 2.07. The van der Waals surface area contributed by atoms with Gasteiger partial charge in [-0.2, -0.15) is 0 Å². The second-order valence-electron chi connectivity index (χ2n) is 4.75. The lowest BCUT2D eigenvalue weighted by Gasteiger charge is -2.09. The first-order valence-electron chi connectivity index (χ1n) is 6.02. The van der Waals surface area contributed by atoms with E-state index in [9.17, 15) is 0 Å². The number of rotatable bonds is 2. The lowest BCUT2D eigenvalue weighted by atomic mass is 9.98. The fourth-order valence-electron chi connectivity index (χ4n) is 2.49. The van der Waals surface area contributed by atoms with Gasteiger partial charge >= 0.3 is 0 Å². The van der Waals surface area contributed by atoms with Crippen LogP contribution in [0.1, 0.15) is 18.7 Å². The number of aromatic nitrogens is 2. The highest BCUT2D eigenvalue weighted by Gasteiger charge is 2.27. The maximum atomic E-state index is 5.22. The number of imidazole rings is 1. The second-order valence-corrected chi connectivity index (χ2v) is 4.75. The number of H-pyrrole nitrogens is 1. The number of benzene rings is 1. The molecule has 1 aromatic carbocycles. The summed E-state index contributed by atoms with van der Waals surface area (Å²) in [5.74, 6) is 3.09. The van der Waals surface area contributed by atoms with Crippen LogP contribution in [-0.2, 0) is 0 Å². The van der Waals surface area contributed by atoms with Crippen LogP contribution in [0.25, 0.3) is 11.0 Å². The highest BCUT2D eigenvalue weighted by molar-refractivity contribution is 5.76. The molecule has 2 N–H and O–H groups in total. The van der Waals surface area contributed by atoms with Gasteiger partial charge in [-0.15, -0.1) is 0 Å². The molecule has 17 heavy (non-hydrogen) atoms. The molecule has 0 amide bonds. The van der Waals surface area contributed by atoms with Crippen LogP contribution in [0.3, 0.4) is 0 Å². The van der Waals surface area contributed by atoms with Crippen LogP contribution in [0.5, 0.6) is 5.75 Å². The van der Waals surface area contributed by atoms with Crippen molar-refractivity contribution in [2.75, 3.05) is 20.2 Å². The van der Waals surface area contributed by atoms with E-state index >= 15 is 0 Å². The maximum Gasteiger partial charge on any atom is 0.121 e. The summed E-state index contributed by atoms with van der Waals surface area (Å²) in [5, 5.41) is 3.40. The summed E-state index contributed by atoms with van der Waals surface area (Å²) >= 11 is 0. The highest BCUT2D eigenvalue weighted by Crippen LogP contribution is 2.28. The van der Waals surface area contributed by atoms with Crippen LogP contribution in [0.4, 0.5) is 0 Å². The van der Waals surface area contributed by atoms with Crippen molar-refractivity contribution in [2.45, 2.75) is 12.8 Å². The average molecular weight is 231 g/mol. The number of hydrogen-bond donors (Lipinski definition) is 2. The third kappa shape index (κ3) is 1.78. The summed E-state index contributed by atoms with van der Waals surface area (Å²) < 4.78 is 5.22. The third-order valence-electron chi connectivity index (χ3n) is 3.58. The Kier molecular flexibility index (Phi) is 2.52. The monoisotopic (exact) mass is 231 g/mol. The largest absolute Gasteiger partial charge is 0.497 e. The Morgan fingerprint density at radius 1 is 1.35 bits per heavy atom. The van der Waals surface area contributed by atoms with Crippen LogP contribution in [-0.4, -0.2) is 30.2 Å². The molecule has 1 aromatic heterocycles. The van der Waals surface area contributed by atoms with Crippen molar-refractivity contribution in [3.05, 3.63) is 24.0 Å². The normalized spacial score (nSPS) is 24.4. The van der Waals surface area contributed by atoms with Crippen molar-refractivity contribution in [3.8, 4) is 5.75 Å². The number of methoxy groups -OCH3 is 1. The molecular formula is C13H17N3O. The van der Waals surface area contributed by atoms with Crippen LogP contribution >= 0.6 is 0 Å². The molecule has 90 valence electrons. The minimum absolute atomic E-state index is 0.494. The lowest BCUT2D eigenvalue weighted by molar-refractivity contribution is 0.415. The van der Waals surface area contributed by atoms with Crippen LogP contribution in [0.15, 0.2) is 18.2 Å². The summed E-state index contributed by atoms with van der Waals surface area (Å²) in [7, 11) is 1.68. The average Bonchev–Trinajstić information content (AvgIpc) is 2.93. The second kappa shape index (κ2) is 4.04. The van der Waals surface area contributed by atoms with Gasteiger partial charge in [-0.25, -0.2) is 4.98 Å². The minimum atomic E-state index is 0.494. The third-order valence-corrected chi connectivity index (χ3v) is 3.58. The molecule has 1 aliphatic heterocycles. The fourth-order valence-corrected chi connectivity index (χ4v) is 2.49. The predicted octanol–water partition coefficient (Wildman–Crippen LogP) is 1.89. The number of aromatic amines is 1. The molecular weight excluding hydrogens is 214 g/mol. The molecule has 4 heteroatoms. The van der Waals surface area contributed by atoms with Gasteiger partial charge in [0.05, 0.1) is 18.1 Å². The first kappa shape index (κ1) is 10.6. The van der Waals surface area contributed by atoms with Gasteiger partial charge in [0.1, 0.15) is 11.6 Å². The molecule has 0 saturated carbocycles. The molecule has 0 aliphatic carbocycles. The molecule has 1 aliphatic rings. The van der Waals surface area contributed by atoms with E-state index in [1.807, 2.05) is 18.2 Å². The van der Waals surface area contributed by atoms with Crippen molar-refractivity contribution in [1.82, 2.24) is 15.3 Å². The van der Waals surface area contributed by atoms with Crippen molar-refractivity contribution in [3.63, 3.8) is 0 Å². The summed E-state index contributed by atoms with van der Waals surface area (Å²) in [6, 6.07) is 5.95. The molecule has 0 bridgehead atoms. The molecule has 0 unspecified atom stereocenters. The number of hydrogen-bond acceptors (Lipinski definition) is 3. The van der Waals surface area contributed by atoms with Gasteiger partial charge in [-0.05, 0) is 24.6 Å². The molecule has 3 rings (SSSR count). The van der Waals surface area contributed by atoms with E-state index in [4.69, 9.17) is 4.74 Å². The quantitative estimate of drug-likeness (QED) is 0.830. The Morgan fingerprint density at radius 2 is 2.24 bits per heavy atom. The van der Waals surface area contributed by atoms with Gasteiger partial charge in [-0.1, -0.05) is 6.92 Å². The molecule has 4 nitrogen and oxygen atoms in total. The standard InChI is InChI=1S/C13H17N3O/c1-8-6-14-7-10(8)13-15-11-4-3-9(17-2)5-12(11)16-13/h3-5,8,10,14H,6-7H2,1-2H3,(H,15,16)/t8-,10-/m1/s1. The molecule has 1 saturated heterocycles. The SMILES string of the molecule is COc1ccc2nc([C@@H]3CNC[C@H]3C)[nH]c2c1. The Hall–Kier alpha value is -1.55. The fraction of sp³-hybridized carbons (Fsp3) is 0.462. The van der Waals surface area contributed by atoms with Crippen molar-refractivity contribution >= 4 is 11.0 Å². The predicted molar refractivity (Wildman–Crippen MR) is 67.4 cm³/mol. The van der Waals surface area contributed by atoms with Gasteiger partial charge in [-0.3, -0.25) is 0 Å². The van der Waals surface area contributed by atoms with Crippen molar-refractivity contribution in [2.24, 2.45) is 5.92 Å². The summed E-state index contributed by atoms with van der Waals surface area (Å²) in [4.78, 5) is 8.08. The zero-order chi connectivity index (χ0) is 11.8. The van der Waals surface area contributed by atoms with Crippen LogP contribution < -0.4 is 10.1 Å². The molecule has 2 atom stereocenters. The van der Waals surface area contributed by atoms with Crippen LogP contribution in [0.2, 0.25) is 0 Å². The minimum Gasteiger partial charge on any atom is -0.497 e. The van der Waals surface area contributed by atoms with Gasteiger partial charge in [0.15, 0.2) is 0 Å². The molecule has 0 spiro atoms. The smallest absolute Gasteiger partial charge is 0.121 e. The Morgan fingerprint density at radius 3 is 2.94 bits per heavy atom. The first-order valence-corrected chi connectivity index (χ1v) is 6.02. The van der Waals surface area contributed by atoms with Gasteiger partial charge in [0, 0.05) is 18.5 Å². The molecule has 1 fully saturated rings. The zero-order valence-corrected chi connectivity index (χ0v) is 10.2. The van der Waals surface area contributed by atoms with Gasteiger partial charge < -0.3 is 15.0 Å². The Labute approximate surface area is 100 Å². The van der Waals surface area contributed by atoms with Gasteiger partial charge in [0.25, 0.3) is 0 Å². The van der Waals surface area contributed by atoms with Crippen molar-refractivity contribution in [1.29, 1.82) is 0 Å². The number of nitrogens with zero attached hydrogens (tertiary/aromatic N) is 1. The topological polar surface area (TPSA) is 49.9 Å². The van der Waals surface area contributed by atoms with Crippen molar-refractivity contribution < 1.29 is 4.74 Å². The van der Waals surface area contributed by atoms with Gasteiger partial charge in [0.2, 0.25) is 0 Å².